The van der Waals surface area contributed by atoms with Crippen molar-refractivity contribution in [3.63, 3.8) is 0 Å². The van der Waals surface area contributed by atoms with Gasteiger partial charge in [0, 0.05) is 15.0 Å². The molecule has 0 aliphatic heterocycles. The number of anilines is 1. The third-order valence-corrected chi connectivity index (χ3v) is 4.23. The summed E-state index contributed by atoms with van der Waals surface area (Å²) in [5.41, 5.74) is 0.933. The van der Waals surface area contributed by atoms with Crippen molar-refractivity contribution in [2.45, 2.75) is 13.0 Å². The maximum atomic E-state index is 11.8. The first-order valence-corrected chi connectivity index (χ1v) is 7.64. The molecule has 1 amide bonds. The highest BCUT2D eigenvalue weighted by Gasteiger charge is 2.09. The van der Waals surface area contributed by atoms with Gasteiger partial charge in [-0.3, -0.25) is 4.79 Å². The number of thiophene rings is 1. The smallest absolute Gasteiger partial charge is 0.239 e. The molecular weight excluding hydrogens is 324 g/mol. The van der Waals surface area contributed by atoms with Gasteiger partial charge < -0.3 is 10.6 Å². The molecule has 0 fully saturated rings. The molecule has 1 aromatic heterocycles. The first-order chi connectivity index (χ1) is 9.15. The highest BCUT2D eigenvalue weighted by atomic mass is 79.9. The molecular formula is C14H15BrN2OS. The predicted octanol–water partition coefficient (Wildman–Crippen LogP) is 3.80. The molecule has 19 heavy (non-hydrogen) atoms. The summed E-state index contributed by atoms with van der Waals surface area (Å²) in [6, 6.07) is 11.8. The number of hydrogen-bond donors (Lipinski definition) is 2. The summed E-state index contributed by atoms with van der Waals surface area (Å²) in [4.78, 5) is 13.0. The topological polar surface area (TPSA) is 41.1 Å². The van der Waals surface area contributed by atoms with E-state index in [4.69, 9.17) is 0 Å². The number of carbonyl (C=O) groups is 1. The summed E-state index contributed by atoms with van der Waals surface area (Å²) in [6.45, 7) is 2.26. The number of nitrogens with one attached hydrogen (secondary N) is 2. The quantitative estimate of drug-likeness (QED) is 0.870. The van der Waals surface area contributed by atoms with Crippen LogP contribution in [0, 0.1) is 0 Å². The monoisotopic (exact) mass is 338 g/mol. The van der Waals surface area contributed by atoms with E-state index in [0.717, 1.165) is 15.0 Å². The van der Waals surface area contributed by atoms with E-state index in [-0.39, 0.29) is 18.5 Å². The molecule has 5 heteroatoms. The third-order valence-electron chi connectivity index (χ3n) is 2.64. The lowest BCUT2D eigenvalue weighted by Gasteiger charge is -2.13. The van der Waals surface area contributed by atoms with Crippen LogP contribution in [0.3, 0.4) is 0 Å². The molecule has 0 bridgehead atoms. The predicted molar refractivity (Wildman–Crippen MR) is 83.5 cm³/mol. The Morgan fingerprint density at radius 3 is 2.68 bits per heavy atom. The van der Waals surface area contributed by atoms with Gasteiger partial charge in [-0.1, -0.05) is 22.0 Å². The van der Waals surface area contributed by atoms with E-state index in [9.17, 15) is 4.79 Å². The molecule has 1 atom stereocenters. The van der Waals surface area contributed by atoms with Crippen molar-refractivity contribution in [2.24, 2.45) is 0 Å². The molecule has 0 aliphatic carbocycles. The van der Waals surface area contributed by atoms with E-state index in [1.54, 1.807) is 11.3 Å². The first kappa shape index (κ1) is 14.1. The van der Waals surface area contributed by atoms with E-state index in [1.165, 1.54) is 0 Å². The van der Waals surface area contributed by atoms with E-state index in [2.05, 4.69) is 26.6 Å². The molecule has 0 radical (unpaired) electrons. The molecule has 2 rings (SSSR count). The van der Waals surface area contributed by atoms with Gasteiger partial charge in [-0.15, -0.1) is 11.3 Å². The first-order valence-electron chi connectivity index (χ1n) is 5.97. The van der Waals surface area contributed by atoms with Crippen molar-refractivity contribution in [1.82, 2.24) is 5.32 Å². The van der Waals surface area contributed by atoms with Crippen LogP contribution >= 0.6 is 27.3 Å². The summed E-state index contributed by atoms with van der Waals surface area (Å²) in [5, 5.41) is 8.07. The summed E-state index contributed by atoms with van der Waals surface area (Å²) < 4.78 is 1.02. The fourth-order valence-electron chi connectivity index (χ4n) is 1.65. The van der Waals surface area contributed by atoms with Gasteiger partial charge in [-0.2, -0.15) is 0 Å². The molecule has 0 spiro atoms. The van der Waals surface area contributed by atoms with Crippen LogP contribution in [0.15, 0.2) is 46.3 Å². The molecule has 0 saturated carbocycles. The minimum absolute atomic E-state index is 0.0104. The Morgan fingerprint density at radius 1 is 1.32 bits per heavy atom. The summed E-state index contributed by atoms with van der Waals surface area (Å²) in [6.07, 6.45) is 0. The Morgan fingerprint density at radius 2 is 2.05 bits per heavy atom. The highest BCUT2D eigenvalue weighted by molar-refractivity contribution is 9.10. The normalized spacial score (nSPS) is 11.9. The maximum absolute atomic E-state index is 11.8. The molecule has 2 aromatic rings. The molecule has 1 heterocycles. The molecule has 0 unspecified atom stereocenters. The Kier molecular flexibility index (Phi) is 4.99. The van der Waals surface area contributed by atoms with Crippen LogP contribution in [0.5, 0.6) is 0 Å². The van der Waals surface area contributed by atoms with E-state index < -0.39 is 0 Å². The summed E-state index contributed by atoms with van der Waals surface area (Å²) in [7, 11) is 0. The van der Waals surface area contributed by atoms with Gasteiger partial charge in [0.05, 0.1) is 12.6 Å². The Bertz CT molecular complexity index is 525. The van der Waals surface area contributed by atoms with Gasteiger partial charge in [0.15, 0.2) is 0 Å². The lowest BCUT2D eigenvalue weighted by atomic mass is 10.2. The number of hydrogen-bond acceptors (Lipinski definition) is 3. The summed E-state index contributed by atoms with van der Waals surface area (Å²) in [5.74, 6) is -0.0104. The van der Waals surface area contributed by atoms with Crippen LogP contribution < -0.4 is 10.6 Å². The number of rotatable bonds is 5. The zero-order chi connectivity index (χ0) is 13.7. The van der Waals surface area contributed by atoms with Gasteiger partial charge in [0.25, 0.3) is 0 Å². The number of carbonyl (C=O) groups excluding carboxylic acids is 1. The Hall–Kier alpha value is -1.33. The van der Waals surface area contributed by atoms with E-state index >= 15 is 0 Å². The second-order valence-corrected chi connectivity index (χ2v) is 6.06. The zero-order valence-corrected chi connectivity index (χ0v) is 12.9. The largest absolute Gasteiger partial charge is 0.376 e. The van der Waals surface area contributed by atoms with Crippen molar-refractivity contribution in [2.75, 3.05) is 11.9 Å². The van der Waals surface area contributed by atoms with E-state index in [1.807, 2.05) is 48.7 Å². The minimum Gasteiger partial charge on any atom is -0.376 e. The molecule has 3 nitrogen and oxygen atoms in total. The summed E-state index contributed by atoms with van der Waals surface area (Å²) >= 11 is 5.02. The van der Waals surface area contributed by atoms with Crippen LogP contribution in [0.25, 0.3) is 0 Å². The minimum atomic E-state index is -0.0104. The molecule has 100 valence electrons. The second-order valence-electron chi connectivity index (χ2n) is 4.17. The number of halogens is 1. The van der Waals surface area contributed by atoms with Crippen LogP contribution in [0.2, 0.25) is 0 Å². The zero-order valence-electron chi connectivity index (χ0n) is 10.5. The highest BCUT2D eigenvalue weighted by Crippen LogP contribution is 2.18. The Labute approximate surface area is 125 Å². The second kappa shape index (κ2) is 6.73. The van der Waals surface area contributed by atoms with Crippen molar-refractivity contribution in [1.29, 1.82) is 0 Å². The fraction of sp³-hybridized carbons (Fsp3) is 0.214. The SMILES string of the molecule is C[C@H](NC(=O)CNc1ccc(Br)cc1)c1cccs1. The van der Waals surface area contributed by atoms with Crippen LogP contribution in [-0.2, 0) is 4.79 Å². The van der Waals surface area contributed by atoms with Gasteiger partial charge in [-0.05, 0) is 42.6 Å². The van der Waals surface area contributed by atoms with Gasteiger partial charge in [0.2, 0.25) is 5.91 Å². The van der Waals surface area contributed by atoms with Gasteiger partial charge in [0.1, 0.15) is 0 Å². The number of amides is 1. The standard InChI is InChI=1S/C14H15BrN2OS/c1-10(13-3-2-8-19-13)17-14(18)9-16-12-6-4-11(15)5-7-12/h2-8,10,16H,9H2,1H3,(H,17,18)/t10-/m0/s1. The maximum Gasteiger partial charge on any atom is 0.239 e. The van der Waals surface area contributed by atoms with Crippen LogP contribution in [0.1, 0.15) is 17.8 Å². The van der Waals surface area contributed by atoms with Crippen molar-refractivity contribution >= 4 is 38.9 Å². The lowest BCUT2D eigenvalue weighted by molar-refractivity contribution is -0.120. The third kappa shape index (κ3) is 4.36. The van der Waals surface area contributed by atoms with Crippen LogP contribution in [-0.4, -0.2) is 12.5 Å². The number of benzene rings is 1. The van der Waals surface area contributed by atoms with Crippen molar-refractivity contribution in [3.8, 4) is 0 Å². The average Bonchev–Trinajstić information content (AvgIpc) is 2.92. The average molecular weight is 339 g/mol. The Balaban J connectivity index is 1.80. The van der Waals surface area contributed by atoms with Crippen LogP contribution in [0.4, 0.5) is 5.69 Å². The molecule has 2 N–H and O–H groups in total. The van der Waals surface area contributed by atoms with Crippen molar-refractivity contribution < 1.29 is 4.79 Å². The molecule has 0 saturated heterocycles. The molecule has 0 aliphatic rings. The van der Waals surface area contributed by atoms with Gasteiger partial charge >= 0.3 is 0 Å². The van der Waals surface area contributed by atoms with Crippen molar-refractivity contribution in [3.05, 3.63) is 51.1 Å². The fourth-order valence-corrected chi connectivity index (χ4v) is 2.65. The lowest BCUT2D eigenvalue weighted by Crippen LogP contribution is -2.31. The van der Waals surface area contributed by atoms with E-state index in [0.29, 0.717) is 0 Å². The van der Waals surface area contributed by atoms with Gasteiger partial charge in [-0.25, -0.2) is 0 Å². The molecule has 1 aromatic carbocycles.